The summed E-state index contributed by atoms with van der Waals surface area (Å²) in [5.41, 5.74) is 1.29. The number of rotatable bonds is 1. The minimum absolute atomic E-state index is 0.566. The van der Waals surface area contributed by atoms with Gasteiger partial charge in [0, 0.05) is 16.3 Å². The van der Waals surface area contributed by atoms with Gasteiger partial charge >= 0.3 is 0 Å². The first kappa shape index (κ1) is 6.99. The molecule has 0 N–H and O–H groups in total. The van der Waals surface area contributed by atoms with Gasteiger partial charge in [0.25, 0.3) is 0 Å². The highest BCUT2D eigenvalue weighted by Crippen LogP contribution is 2.19. The normalized spacial score (nSPS) is 13.1. The Morgan fingerprint density at radius 1 is 1.67 bits per heavy atom. The molecular formula is C7H8IN. The predicted octanol–water partition coefficient (Wildman–Crippen LogP) is 2.58. The van der Waals surface area contributed by atoms with E-state index in [0.717, 1.165) is 0 Å². The Kier molecular flexibility index (Phi) is 2.45. The van der Waals surface area contributed by atoms with Gasteiger partial charge in [0.15, 0.2) is 0 Å². The van der Waals surface area contributed by atoms with Gasteiger partial charge in [-0.25, -0.2) is 0 Å². The minimum Gasteiger partial charge on any atom is -0.264 e. The van der Waals surface area contributed by atoms with Crippen LogP contribution in [0.2, 0.25) is 0 Å². The van der Waals surface area contributed by atoms with E-state index in [-0.39, 0.29) is 0 Å². The van der Waals surface area contributed by atoms with E-state index in [1.165, 1.54) is 5.56 Å². The fraction of sp³-hybridized carbons (Fsp3) is 0.286. The van der Waals surface area contributed by atoms with Crippen molar-refractivity contribution in [3.8, 4) is 0 Å². The summed E-state index contributed by atoms with van der Waals surface area (Å²) in [7, 11) is 0. The van der Waals surface area contributed by atoms with Gasteiger partial charge in [0.1, 0.15) is 0 Å². The summed E-state index contributed by atoms with van der Waals surface area (Å²) in [6.07, 6.45) is 3.69. The zero-order valence-corrected chi connectivity index (χ0v) is 7.37. The predicted molar refractivity (Wildman–Crippen MR) is 46.7 cm³/mol. The Hall–Kier alpha value is -0.120. The number of alkyl halides is 1. The Bertz CT molecular complexity index is 172. The van der Waals surface area contributed by atoms with Crippen LogP contribution in [0.3, 0.4) is 0 Å². The molecule has 2 heteroatoms. The van der Waals surface area contributed by atoms with Crippen LogP contribution in [-0.4, -0.2) is 4.98 Å². The zero-order valence-electron chi connectivity index (χ0n) is 5.21. The van der Waals surface area contributed by atoms with E-state index in [2.05, 4.69) is 40.6 Å². The maximum atomic E-state index is 4.00. The van der Waals surface area contributed by atoms with E-state index in [4.69, 9.17) is 0 Å². The molecule has 1 aromatic rings. The first-order valence-electron chi connectivity index (χ1n) is 2.84. The van der Waals surface area contributed by atoms with Gasteiger partial charge in [-0.2, -0.15) is 0 Å². The summed E-state index contributed by atoms with van der Waals surface area (Å²) in [4.78, 5) is 4.00. The van der Waals surface area contributed by atoms with Crippen LogP contribution in [0.5, 0.6) is 0 Å². The Morgan fingerprint density at radius 2 is 2.44 bits per heavy atom. The van der Waals surface area contributed by atoms with E-state index < -0.39 is 0 Å². The summed E-state index contributed by atoms with van der Waals surface area (Å²) >= 11 is 2.37. The fourth-order valence-corrected chi connectivity index (χ4v) is 0.980. The molecule has 0 aliphatic rings. The third kappa shape index (κ3) is 1.93. The lowest BCUT2D eigenvalue weighted by atomic mass is 10.2. The maximum Gasteiger partial charge on any atom is 0.0346 e. The van der Waals surface area contributed by atoms with Crippen molar-refractivity contribution in [2.24, 2.45) is 0 Å². The Labute approximate surface area is 68.6 Å². The van der Waals surface area contributed by atoms with Crippen LogP contribution in [0, 0.1) is 0 Å². The van der Waals surface area contributed by atoms with Gasteiger partial charge in [-0.3, -0.25) is 4.98 Å². The van der Waals surface area contributed by atoms with Crippen LogP contribution in [0.25, 0.3) is 0 Å². The number of hydrogen-bond acceptors (Lipinski definition) is 1. The van der Waals surface area contributed by atoms with Gasteiger partial charge in [-0.15, -0.1) is 0 Å². The zero-order chi connectivity index (χ0) is 6.69. The van der Waals surface area contributed by atoms with Crippen molar-refractivity contribution < 1.29 is 0 Å². The lowest BCUT2D eigenvalue weighted by Gasteiger charge is -1.99. The van der Waals surface area contributed by atoms with Gasteiger partial charge in [-0.05, 0) is 18.6 Å². The van der Waals surface area contributed by atoms with Crippen molar-refractivity contribution in [1.82, 2.24) is 4.98 Å². The molecule has 0 spiro atoms. The highest BCUT2D eigenvalue weighted by atomic mass is 127. The molecular weight excluding hydrogens is 225 g/mol. The summed E-state index contributed by atoms with van der Waals surface area (Å²) in [6.45, 7) is 2.15. The SMILES string of the molecule is C[C@@H](I)c1cccnc1. The van der Waals surface area contributed by atoms with Gasteiger partial charge < -0.3 is 0 Å². The third-order valence-electron chi connectivity index (χ3n) is 1.14. The topological polar surface area (TPSA) is 12.9 Å². The van der Waals surface area contributed by atoms with Crippen LogP contribution in [-0.2, 0) is 0 Å². The monoisotopic (exact) mass is 233 g/mol. The highest BCUT2D eigenvalue weighted by molar-refractivity contribution is 14.1. The van der Waals surface area contributed by atoms with Crippen LogP contribution in [0.15, 0.2) is 24.5 Å². The number of pyridine rings is 1. The van der Waals surface area contributed by atoms with Gasteiger partial charge in [0.2, 0.25) is 0 Å². The summed E-state index contributed by atoms with van der Waals surface area (Å²) < 4.78 is 0.566. The molecule has 0 bridgehead atoms. The first-order chi connectivity index (χ1) is 4.30. The van der Waals surface area contributed by atoms with Crippen molar-refractivity contribution in [3.05, 3.63) is 30.1 Å². The van der Waals surface area contributed by atoms with Crippen molar-refractivity contribution in [1.29, 1.82) is 0 Å². The van der Waals surface area contributed by atoms with E-state index in [9.17, 15) is 0 Å². The third-order valence-corrected chi connectivity index (χ3v) is 1.86. The molecule has 1 aromatic heterocycles. The molecule has 0 aliphatic carbocycles. The number of nitrogens with zero attached hydrogens (tertiary/aromatic N) is 1. The lowest BCUT2D eigenvalue weighted by molar-refractivity contribution is 1.11. The molecule has 1 rings (SSSR count). The molecule has 0 radical (unpaired) electrons. The second-order valence-electron chi connectivity index (χ2n) is 1.90. The molecule has 0 aromatic carbocycles. The average molecular weight is 233 g/mol. The standard InChI is InChI=1S/C7H8IN/c1-6(8)7-3-2-4-9-5-7/h2-6H,1H3/t6-/m1/s1. The second-order valence-corrected chi connectivity index (χ2v) is 3.77. The smallest absolute Gasteiger partial charge is 0.0346 e. The summed E-state index contributed by atoms with van der Waals surface area (Å²) in [5, 5.41) is 0. The Balaban J connectivity index is 2.85. The molecule has 1 nitrogen and oxygen atoms in total. The molecule has 48 valence electrons. The van der Waals surface area contributed by atoms with E-state index in [1.54, 1.807) is 6.20 Å². The molecule has 0 unspecified atom stereocenters. The van der Waals surface area contributed by atoms with Crippen molar-refractivity contribution in [2.45, 2.75) is 10.8 Å². The molecule has 1 atom stereocenters. The first-order valence-corrected chi connectivity index (χ1v) is 4.09. The van der Waals surface area contributed by atoms with Crippen molar-refractivity contribution >= 4 is 22.6 Å². The van der Waals surface area contributed by atoms with Crippen LogP contribution in [0.4, 0.5) is 0 Å². The second kappa shape index (κ2) is 3.15. The molecule has 0 saturated carbocycles. The lowest BCUT2D eigenvalue weighted by Crippen LogP contribution is -1.82. The maximum absolute atomic E-state index is 4.00. The summed E-state index contributed by atoms with van der Waals surface area (Å²) in [6, 6.07) is 4.05. The van der Waals surface area contributed by atoms with Gasteiger partial charge in [-0.1, -0.05) is 28.7 Å². The fourth-order valence-electron chi connectivity index (χ4n) is 0.611. The number of hydrogen-bond donors (Lipinski definition) is 0. The molecule has 1 heterocycles. The summed E-state index contributed by atoms with van der Waals surface area (Å²) in [5.74, 6) is 0. The van der Waals surface area contributed by atoms with Crippen LogP contribution < -0.4 is 0 Å². The van der Waals surface area contributed by atoms with Crippen LogP contribution >= 0.6 is 22.6 Å². The average Bonchev–Trinajstić information content (AvgIpc) is 1.90. The van der Waals surface area contributed by atoms with E-state index in [0.29, 0.717) is 3.92 Å². The van der Waals surface area contributed by atoms with Crippen LogP contribution in [0.1, 0.15) is 16.4 Å². The number of aromatic nitrogens is 1. The quantitative estimate of drug-likeness (QED) is 0.536. The van der Waals surface area contributed by atoms with Crippen molar-refractivity contribution in [3.63, 3.8) is 0 Å². The Morgan fingerprint density at radius 3 is 2.78 bits per heavy atom. The highest BCUT2D eigenvalue weighted by Gasteiger charge is 1.96. The minimum atomic E-state index is 0.566. The van der Waals surface area contributed by atoms with E-state index >= 15 is 0 Å². The molecule has 9 heavy (non-hydrogen) atoms. The number of halogens is 1. The molecule has 0 fully saturated rings. The molecule has 0 aliphatic heterocycles. The molecule has 0 saturated heterocycles. The van der Waals surface area contributed by atoms with E-state index in [1.807, 2.05) is 12.3 Å². The largest absolute Gasteiger partial charge is 0.264 e. The molecule has 0 amide bonds. The van der Waals surface area contributed by atoms with Crippen molar-refractivity contribution in [2.75, 3.05) is 0 Å². The van der Waals surface area contributed by atoms with Gasteiger partial charge in [0.05, 0.1) is 0 Å².